The third-order valence-corrected chi connectivity index (χ3v) is 3.54. The summed E-state index contributed by atoms with van der Waals surface area (Å²) in [6.07, 6.45) is 3.66. The molecule has 0 atom stereocenters. The molecule has 0 aromatic heterocycles. The Hall–Kier alpha value is -2.16. The molecular formula is C18H22N2O. The maximum absolute atomic E-state index is 11.7. The molecular weight excluding hydrogens is 260 g/mol. The van der Waals surface area contributed by atoms with Gasteiger partial charge in [0.1, 0.15) is 0 Å². The van der Waals surface area contributed by atoms with Crippen molar-refractivity contribution < 1.29 is 4.79 Å². The molecule has 3 nitrogen and oxygen atoms in total. The summed E-state index contributed by atoms with van der Waals surface area (Å²) in [5.74, 6) is -0.0111. The number of benzene rings is 2. The number of unbranched alkanes of at least 4 members (excludes halogenated alkanes) is 2. The van der Waals surface area contributed by atoms with Crippen LogP contribution >= 0.6 is 0 Å². The van der Waals surface area contributed by atoms with Crippen molar-refractivity contribution in [2.45, 2.75) is 39.5 Å². The zero-order valence-electron chi connectivity index (χ0n) is 12.7. The normalized spacial score (nSPS) is 11.6. The van der Waals surface area contributed by atoms with E-state index in [1.54, 1.807) is 0 Å². The zero-order chi connectivity index (χ0) is 15.1. The fourth-order valence-electron chi connectivity index (χ4n) is 2.34. The maximum atomic E-state index is 11.7. The van der Waals surface area contributed by atoms with E-state index in [-0.39, 0.29) is 5.91 Å². The lowest BCUT2D eigenvalue weighted by atomic mass is 10.0. The standard InChI is InChI=1S/C18H22N2O/c1-3-4-5-13-18(21)20-19-14(2)16-12-8-10-15-9-6-7-11-17(15)16/h6-12H,3-5,13H2,1-2H3,(H,20,21)/b19-14+. The molecule has 0 radical (unpaired) electrons. The summed E-state index contributed by atoms with van der Waals surface area (Å²) in [7, 11) is 0. The van der Waals surface area contributed by atoms with E-state index in [0.717, 1.165) is 35.9 Å². The van der Waals surface area contributed by atoms with Crippen molar-refractivity contribution in [3.63, 3.8) is 0 Å². The van der Waals surface area contributed by atoms with Crippen LogP contribution < -0.4 is 5.43 Å². The number of carbonyl (C=O) groups is 1. The number of nitrogens with one attached hydrogen (secondary N) is 1. The van der Waals surface area contributed by atoms with Gasteiger partial charge in [-0.25, -0.2) is 5.43 Å². The number of hydrogen-bond acceptors (Lipinski definition) is 2. The van der Waals surface area contributed by atoms with Crippen molar-refractivity contribution >= 4 is 22.4 Å². The van der Waals surface area contributed by atoms with E-state index in [4.69, 9.17) is 0 Å². The van der Waals surface area contributed by atoms with E-state index in [9.17, 15) is 4.79 Å². The van der Waals surface area contributed by atoms with Crippen LogP contribution in [0.3, 0.4) is 0 Å². The van der Waals surface area contributed by atoms with E-state index >= 15 is 0 Å². The molecule has 0 heterocycles. The molecule has 3 heteroatoms. The second-order valence-electron chi connectivity index (χ2n) is 5.22. The number of carbonyl (C=O) groups excluding carboxylic acids is 1. The minimum absolute atomic E-state index is 0.0111. The van der Waals surface area contributed by atoms with Crippen molar-refractivity contribution in [1.82, 2.24) is 5.43 Å². The van der Waals surface area contributed by atoms with E-state index in [1.807, 2.05) is 31.2 Å². The van der Waals surface area contributed by atoms with Crippen LogP contribution in [0.4, 0.5) is 0 Å². The minimum Gasteiger partial charge on any atom is -0.273 e. The molecule has 0 aliphatic carbocycles. The molecule has 0 unspecified atom stereocenters. The van der Waals surface area contributed by atoms with Gasteiger partial charge in [-0.2, -0.15) is 5.10 Å². The highest BCUT2D eigenvalue weighted by Gasteiger charge is 2.04. The quantitative estimate of drug-likeness (QED) is 0.480. The molecule has 110 valence electrons. The Balaban J connectivity index is 2.09. The highest BCUT2D eigenvalue weighted by atomic mass is 16.2. The van der Waals surface area contributed by atoms with Gasteiger partial charge in [0, 0.05) is 12.0 Å². The summed E-state index contributed by atoms with van der Waals surface area (Å²) < 4.78 is 0. The molecule has 2 aromatic rings. The van der Waals surface area contributed by atoms with Gasteiger partial charge in [0.15, 0.2) is 0 Å². The lowest BCUT2D eigenvalue weighted by Crippen LogP contribution is -2.18. The van der Waals surface area contributed by atoms with E-state index in [2.05, 4.69) is 35.7 Å². The van der Waals surface area contributed by atoms with Crippen molar-refractivity contribution in [2.75, 3.05) is 0 Å². The van der Waals surface area contributed by atoms with Gasteiger partial charge >= 0.3 is 0 Å². The average Bonchev–Trinajstić information content (AvgIpc) is 2.52. The molecule has 0 saturated heterocycles. The van der Waals surface area contributed by atoms with E-state index in [1.165, 1.54) is 5.39 Å². The second-order valence-corrected chi connectivity index (χ2v) is 5.22. The summed E-state index contributed by atoms with van der Waals surface area (Å²) in [4.78, 5) is 11.7. The van der Waals surface area contributed by atoms with Crippen molar-refractivity contribution in [3.05, 3.63) is 48.0 Å². The van der Waals surface area contributed by atoms with Crippen molar-refractivity contribution in [3.8, 4) is 0 Å². The number of rotatable bonds is 6. The monoisotopic (exact) mass is 282 g/mol. The van der Waals surface area contributed by atoms with Gasteiger partial charge in [0.2, 0.25) is 5.91 Å². The molecule has 1 N–H and O–H groups in total. The van der Waals surface area contributed by atoms with Crippen LogP contribution in [0.5, 0.6) is 0 Å². The van der Waals surface area contributed by atoms with Crippen LogP contribution in [-0.4, -0.2) is 11.6 Å². The number of hydrogen-bond donors (Lipinski definition) is 1. The van der Waals surface area contributed by atoms with Crippen LogP contribution in [0.25, 0.3) is 10.8 Å². The average molecular weight is 282 g/mol. The summed E-state index contributed by atoms with van der Waals surface area (Å²) in [6.45, 7) is 4.05. The van der Waals surface area contributed by atoms with Gasteiger partial charge in [-0.3, -0.25) is 4.79 Å². The molecule has 0 aliphatic rings. The van der Waals surface area contributed by atoms with Crippen LogP contribution in [0, 0.1) is 0 Å². The zero-order valence-corrected chi connectivity index (χ0v) is 12.7. The highest BCUT2D eigenvalue weighted by molar-refractivity contribution is 6.09. The Labute approximate surface area is 126 Å². The summed E-state index contributed by atoms with van der Waals surface area (Å²) in [5, 5.41) is 6.57. The predicted molar refractivity (Wildman–Crippen MR) is 88.4 cm³/mol. The minimum atomic E-state index is -0.0111. The number of fused-ring (bicyclic) bond motifs is 1. The van der Waals surface area contributed by atoms with Gasteiger partial charge < -0.3 is 0 Å². The maximum Gasteiger partial charge on any atom is 0.240 e. The van der Waals surface area contributed by atoms with Gasteiger partial charge in [0.05, 0.1) is 5.71 Å². The Bertz CT molecular complexity index is 641. The van der Waals surface area contributed by atoms with Crippen LogP contribution in [0.2, 0.25) is 0 Å². The summed E-state index contributed by atoms with van der Waals surface area (Å²) in [6, 6.07) is 14.3. The topological polar surface area (TPSA) is 41.5 Å². The SMILES string of the molecule is CCCCCC(=O)N/N=C(\C)c1cccc2ccccc12. The highest BCUT2D eigenvalue weighted by Crippen LogP contribution is 2.19. The lowest BCUT2D eigenvalue weighted by molar-refractivity contribution is -0.121. The predicted octanol–water partition coefficient (Wildman–Crippen LogP) is 4.26. The molecule has 0 spiro atoms. The largest absolute Gasteiger partial charge is 0.273 e. The first-order chi connectivity index (χ1) is 10.2. The van der Waals surface area contributed by atoms with E-state index < -0.39 is 0 Å². The molecule has 21 heavy (non-hydrogen) atoms. The smallest absolute Gasteiger partial charge is 0.240 e. The van der Waals surface area contributed by atoms with Gasteiger partial charge in [0.25, 0.3) is 0 Å². The first-order valence-corrected chi connectivity index (χ1v) is 7.53. The summed E-state index contributed by atoms with van der Waals surface area (Å²) >= 11 is 0. The molecule has 0 saturated carbocycles. The molecule has 0 bridgehead atoms. The van der Waals surface area contributed by atoms with Gasteiger partial charge in [-0.1, -0.05) is 62.2 Å². The van der Waals surface area contributed by atoms with E-state index in [0.29, 0.717) is 6.42 Å². The van der Waals surface area contributed by atoms with Crippen LogP contribution in [0.15, 0.2) is 47.6 Å². The Morgan fingerprint density at radius 1 is 1.10 bits per heavy atom. The Morgan fingerprint density at radius 3 is 2.67 bits per heavy atom. The van der Waals surface area contributed by atoms with Crippen LogP contribution in [-0.2, 0) is 4.79 Å². The fourth-order valence-corrected chi connectivity index (χ4v) is 2.34. The summed E-state index contributed by atoms with van der Waals surface area (Å²) in [5.41, 5.74) is 4.54. The van der Waals surface area contributed by atoms with Gasteiger partial charge in [-0.15, -0.1) is 0 Å². The number of nitrogens with zero attached hydrogens (tertiary/aromatic N) is 1. The molecule has 0 fully saturated rings. The molecule has 0 aliphatic heterocycles. The first-order valence-electron chi connectivity index (χ1n) is 7.53. The second kappa shape index (κ2) is 7.58. The third-order valence-electron chi connectivity index (χ3n) is 3.54. The molecule has 2 aromatic carbocycles. The Kier molecular flexibility index (Phi) is 5.50. The van der Waals surface area contributed by atoms with Crippen LogP contribution in [0.1, 0.15) is 45.1 Å². The lowest BCUT2D eigenvalue weighted by Gasteiger charge is -2.06. The number of amides is 1. The Morgan fingerprint density at radius 2 is 1.86 bits per heavy atom. The fraction of sp³-hybridized carbons (Fsp3) is 0.333. The first kappa shape index (κ1) is 15.2. The number of hydrazone groups is 1. The van der Waals surface area contributed by atoms with Crippen molar-refractivity contribution in [1.29, 1.82) is 0 Å². The molecule has 1 amide bonds. The van der Waals surface area contributed by atoms with Gasteiger partial charge in [-0.05, 0) is 24.1 Å². The third kappa shape index (κ3) is 4.15. The molecule has 2 rings (SSSR count). The van der Waals surface area contributed by atoms with Crippen molar-refractivity contribution in [2.24, 2.45) is 5.10 Å².